The molecule has 140 valence electrons. The van der Waals surface area contributed by atoms with Crippen LogP contribution in [0.2, 0.25) is 0 Å². The average molecular weight is 379 g/mol. The molecule has 0 bridgehead atoms. The van der Waals surface area contributed by atoms with Gasteiger partial charge in [-0.15, -0.1) is 0 Å². The monoisotopic (exact) mass is 379 g/mol. The minimum absolute atomic E-state index is 0.114. The summed E-state index contributed by atoms with van der Waals surface area (Å²) in [7, 11) is 0. The first-order valence-electron chi connectivity index (χ1n) is 7.88. The lowest BCUT2D eigenvalue weighted by Gasteiger charge is -2.12. The molecule has 1 amide bonds. The van der Waals surface area contributed by atoms with E-state index in [0.717, 1.165) is 18.2 Å². The van der Waals surface area contributed by atoms with Crippen LogP contribution in [0, 0.1) is 5.82 Å². The van der Waals surface area contributed by atoms with Crippen molar-refractivity contribution < 1.29 is 27.2 Å². The summed E-state index contributed by atoms with van der Waals surface area (Å²) in [5, 5.41) is 10.1. The van der Waals surface area contributed by atoms with Gasteiger partial charge in [-0.1, -0.05) is 5.16 Å². The van der Waals surface area contributed by atoms with Crippen molar-refractivity contribution in [2.75, 3.05) is 11.4 Å². The number of hydrogen-bond acceptors (Lipinski definition) is 6. The third kappa shape index (κ3) is 3.35. The first kappa shape index (κ1) is 17.1. The number of nitrogens with zero attached hydrogens (tertiary/aromatic N) is 4. The number of hydrogen-bond donors (Lipinski definition) is 1. The van der Waals surface area contributed by atoms with Crippen molar-refractivity contribution in [1.29, 1.82) is 0 Å². The quantitative estimate of drug-likeness (QED) is 0.732. The Morgan fingerprint density at radius 1 is 1.37 bits per heavy atom. The molecular weight excluding hydrogens is 367 g/mol. The van der Waals surface area contributed by atoms with Crippen LogP contribution in [0.5, 0.6) is 5.75 Å². The molecule has 1 atom stereocenters. The normalized spacial score (nSPS) is 17.1. The van der Waals surface area contributed by atoms with E-state index in [1.165, 1.54) is 11.1 Å². The second-order valence-electron chi connectivity index (χ2n) is 5.84. The van der Waals surface area contributed by atoms with Gasteiger partial charge in [0.05, 0.1) is 23.4 Å². The van der Waals surface area contributed by atoms with Gasteiger partial charge in [0.15, 0.2) is 0 Å². The largest absolute Gasteiger partial charge is 0.435 e. The molecule has 2 aromatic heterocycles. The molecule has 0 radical (unpaired) electrons. The van der Waals surface area contributed by atoms with Crippen molar-refractivity contribution in [3.8, 4) is 17.1 Å². The lowest BCUT2D eigenvalue weighted by Crippen LogP contribution is -2.23. The molecule has 0 spiro atoms. The number of H-pyrrole nitrogens is 1. The number of nitrogens with one attached hydrogen (secondary N) is 1. The van der Waals surface area contributed by atoms with E-state index in [1.807, 2.05) is 0 Å². The molecule has 3 heterocycles. The van der Waals surface area contributed by atoms with Crippen LogP contribution in [-0.4, -0.2) is 39.4 Å². The van der Waals surface area contributed by atoms with Crippen LogP contribution in [-0.2, 0) is 4.79 Å². The number of carbonyl (C=O) groups is 1. The van der Waals surface area contributed by atoms with Crippen molar-refractivity contribution in [3.05, 3.63) is 42.3 Å². The van der Waals surface area contributed by atoms with Crippen LogP contribution in [0.25, 0.3) is 11.4 Å². The smallest absolute Gasteiger partial charge is 0.387 e. The highest BCUT2D eigenvalue weighted by atomic mass is 19.3. The van der Waals surface area contributed by atoms with E-state index in [9.17, 15) is 18.0 Å². The molecule has 0 saturated carbocycles. The lowest BCUT2D eigenvalue weighted by atomic mass is 10.1. The minimum Gasteiger partial charge on any atom is -0.435 e. The number of rotatable bonds is 5. The number of carbonyl (C=O) groups excluding carboxylic acids is 1. The third-order valence-electron chi connectivity index (χ3n) is 4.12. The molecule has 11 heteroatoms. The van der Waals surface area contributed by atoms with Crippen molar-refractivity contribution in [3.63, 3.8) is 0 Å². The van der Waals surface area contributed by atoms with E-state index >= 15 is 0 Å². The molecular formula is C16H12F3N5O3. The van der Waals surface area contributed by atoms with Gasteiger partial charge in [0.25, 0.3) is 0 Å². The Balaban J connectivity index is 1.57. The van der Waals surface area contributed by atoms with Crippen LogP contribution >= 0.6 is 0 Å². The highest BCUT2D eigenvalue weighted by molar-refractivity contribution is 5.96. The van der Waals surface area contributed by atoms with E-state index in [0.29, 0.717) is 12.2 Å². The standard InChI is InChI=1S/C16H12F3N5O3/c17-12-2-1-10(26-16(18)19)4-11(12)14-22-15(27-23-14)8-3-13(25)24(7-8)9-5-20-21-6-9/h1-2,4-6,8,16H,3,7H2,(H,20,21). The van der Waals surface area contributed by atoms with E-state index in [2.05, 4.69) is 25.1 Å². The average Bonchev–Trinajstić information content (AvgIpc) is 3.35. The summed E-state index contributed by atoms with van der Waals surface area (Å²) in [5.41, 5.74) is 0.476. The summed E-state index contributed by atoms with van der Waals surface area (Å²) >= 11 is 0. The van der Waals surface area contributed by atoms with E-state index in [4.69, 9.17) is 4.52 Å². The van der Waals surface area contributed by atoms with Crippen LogP contribution in [0.1, 0.15) is 18.2 Å². The molecule has 4 rings (SSSR count). The Kier molecular flexibility index (Phi) is 4.26. The van der Waals surface area contributed by atoms with Gasteiger partial charge in [-0.3, -0.25) is 9.89 Å². The highest BCUT2D eigenvalue weighted by Crippen LogP contribution is 2.32. The van der Waals surface area contributed by atoms with Crippen LogP contribution in [0.3, 0.4) is 0 Å². The maximum Gasteiger partial charge on any atom is 0.387 e. The second-order valence-corrected chi connectivity index (χ2v) is 5.84. The number of halogens is 3. The minimum atomic E-state index is -3.04. The Morgan fingerprint density at radius 2 is 2.22 bits per heavy atom. The third-order valence-corrected chi connectivity index (χ3v) is 4.12. The predicted molar refractivity (Wildman–Crippen MR) is 84.6 cm³/mol. The Morgan fingerprint density at radius 3 is 2.96 bits per heavy atom. The zero-order valence-electron chi connectivity index (χ0n) is 13.6. The summed E-state index contributed by atoms with van der Waals surface area (Å²) in [5.74, 6) is -1.42. The topological polar surface area (TPSA) is 97.1 Å². The number of alkyl halides is 2. The summed E-state index contributed by atoms with van der Waals surface area (Å²) in [6.45, 7) is -2.74. The fourth-order valence-electron chi connectivity index (χ4n) is 2.88. The van der Waals surface area contributed by atoms with Gasteiger partial charge in [0.2, 0.25) is 17.6 Å². The molecule has 27 heavy (non-hydrogen) atoms. The molecule has 8 nitrogen and oxygen atoms in total. The zero-order valence-corrected chi connectivity index (χ0v) is 13.6. The fourth-order valence-corrected chi connectivity index (χ4v) is 2.88. The maximum absolute atomic E-state index is 14.1. The van der Waals surface area contributed by atoms with Crippen molar-refractivity contribution in [1.82, 2.24) is 20.3 Å². The number of aromatic amines is 1. The van der Waals surface area contributed by atoms with Crippen molar-refractivity contribution in [2.45, 2.75) is 19.0 Å². The van der Waals surface area contributed by atoms with Gasteiger partial charge in [0, 0.05) is 19.2 Å². The Hall–Kier alpha value is -3.37. The fraction of sp³-hybridized carbons (Fsp3) is 0.250. The molecule has 1 aliphatic rings. The number of benzene rings is 1. The maximum atomic E-state index is 14.1. The number of anilines is 1. The summed E-state index contributed by atoms with van der Waals surface area (Å²) < 4.78 is 48.2. The molecule has 1 saturated heterocycles. The van der Waals surface area contributed by atoms with Crippen LogP contribution in [0.15, 0.2) is 35.1 Å². The van der Waals surface area contributed by atoms with Crippen molar-refractivity contribution >= 4 is 11.6 Å². The van der Waals surface area contributed by atoms with E-state index in [1.54, 1.807) is 6.20 Å². The van der Waals surface area contributed by atoms with Crippen LogP contribution < -0.4 is 9.64 Å². The predicted octanol–water partition coefficient (Wildman–Crippen LogP) is 2.72. The first-order chi connectivity index (χ1) is 13.0. The molecule has 1 aromatic carbocycles. The van der Waals surface area contributed by atoms with Gasteiger partial charge in [-0.25, -0.2) is 4.39 Å². The number of amides is 1. The SMILES string of the molecule is O=C1CC(c2nc(-c3cc(OC(F)F)ccc3F)no2)CN1c1cn[nH]c1. The van der Waals surface area contributed by atoms with E-state index in [-0.39, 0.29) is 41.3 Å². The van der Waals surface area contributed by atoms with Crippen molar-refractivity contribution in [2.24, 2.45) is 0 Å². The second kappa shape index (κ2) is 6.74. The summed E-state index contributed by atoms with van der Waals surface area (Å²) in [4.78, 5) is 17.8. The molecule has 1 unspecified atom stereocenters. The highest BCUT2D eigenvalue weighted by Gasteiger charge is 2.35. The number of aromatic nitrogens is 4. The molecule has 0 aliphatic carbocycles. The lowest BCUT2D eigenvalue weighted by molar-refractivity contribution is -0.117. The Labute approximate surface area is 149 Å². The van der Waals surface area contributed by atoms with Gasteiger partial charge in [-0.05, 0) is 18.2 Å². The molecule has 1 N–H and O–H groups in total. The van der Waals surface area contributed by atoms with Crippen LogP contribution in [0.4, 0.5) is 18.9 Å². The molecule has 1 fully saturated rings. The van der Waals surface area contributed by atoms with E-state index < -0.39 is 12.4 Å². The van der Waals surface area contributed by atoms with Gasteiger partial charge in [0.1, 0.15) is 11.6 Å². The first-order valence-corrected chi connectivity index (χ1v) is 7.88. The van der Waals surface area contributed by atoms with Gasteiger partial charge in [-0.2, -0.15) is 18.9 Å². The summed E-state index contributed by atoms with van der Waals surface area (Å²) in [6.07, 6.45) is 3.25. The Bertz CT molecular complexity index is 960. The van der Waals surface area contributed by atoms with Gasteiger partial charge >= 0.3 is 6.61 Å². The molecule has 3 aromatic rings. The zero-order chi connectivity index (χ0) is 19.0. The van der Waals surface area contributed by atoms with Gasteiger partial charge < -0.3 is 14.2 Å². The number of ether oxygens (including phenoxy) is 1. The molecule has 1 aliphatic heterocycles. The summed E-state index contributed by atoms with van der Waals surface area (Å²) in [6, 6.07) is 3.11.